The summed E-state index contributed by atoms with van der Waals surface area (Å²) in [7, 11) is 1.61. The number of piperidine rings is 1. The molecule has 0 bridgehead atoms. The molecule has 1 aromatic heterocycles. The van der Waals surface area contributed by atoms with E-state index in [0.717, 1.165) is 82.2 Å². The lowest BCUT2D eigenvalue weighted by atomic mass is 9.89. The molecule has 4 heterocycles. The zero-order valence-corrected chi connectivity index (χ0v) is 22.7. The zero-order valence-electron chi connectivity index (χ0n) is 22.7. The van der Waals surface area contributed by atoms with Gasteiger partial charge in [0.15, 0.2) is 12.6 Å². The topological polar surface area (TPSA) is 101 Å². The lowest BCUT2D eigenvalue weighted by Crippen LogP contribution is -2.57. The quantitative estimate of drug-likeness (QED) is 0.354. The highest BCUT2D eigenvalue weighted by molar-refractivity contribution is 5.74. The van der Waals surface area contributed by atoms with Gasteiger partial charge in [-0.05, 0) is 57.0 Å². The minimum absolute atomic E-state index is 0.0636. The van der Waals surface area contributed by atoms with Crippen molar-refractivity contribution in [3.63, 3.8) is 0 Å². The Labute approximate surface area is 226 Å². The van der Waals surface area contributed by atoms with E-state index in [4.69, 9.17) is 19.9 Å². The number of morpholine rings is 1. The van der Waals surface area contributed by atoms with Gasteiger partial charge in [-0.3, -0.25) is 4.90 Å². The van der Waals surface area contributed by atoms with Crippen molar-refractivity contribution >= 4 is 11.5 Å². The summed E-state index contributed by atoms with van der Waals surface area (Å²) >= 11 is 0. The third-order valence-corrected chi connectivity index (χ3v) is 8.05. The van der Waals surface area contributed by atoms with Gasteiger partial charge >= 0.3 is 0 Å². The Hall–Kier alpha value is -2.50. The first kappa shape index (κ1) is 27.1. The largest absolute Gasteiger partial charge is 0.467 e. The average molecular weight is 526 g/mol. The molecular weight excluding hydrogens is 482 g/mol. The van der Waals surface area contributed by atoms with Crippen molar-refractivity contribution in [3.8, 4) is 17.0 Å². The Morgan fingerprint density at radius 2 is 1.76 bits per heavy atom. The Morgan fingerprint density at radius 1 is 1.00 bits per heavy atom. The third kappa shape index (κ3) is 6.73. The molecule has 0 amide bonds. The van der Waals surface area contributed by atoms with Gasteiger partial charge in [0, 0.05) is 65.0 Å². The number of anilines is 2. The second-order valence-corrected chi connectivity index (χ2v) is 10.6. The maximum Gasteiger partial charge on any atom is 0.188 e. The van der Waals surface area contributed by atoms with E-state index in [1.807, 2.05) is 30.3 Å². The van der Waals surface area contributed by atoms with Crippen LogP contribution in [0.4, 0.5) is 11.5 Å². The van der Waals surface area contributed by atoms with E-state index in [1.54, 1.807) is 7.11 Å². The molecule has 3 saturated heterocycles. The van der Waals surface area contributed by atoms with E-state index in [2.05, 4.69) is 30.2 Å². The number of methoxy groups -OCH3 is 1. The Balaban J connectivity index is 1.16. The number of hydrogen-bond acceptors (Lipinski definition) is 10. The molecule has 2 aromatic rings. The summed E-state index contributed by atoms with van der Waals surface area (Å²) < 4.78 is 17.3. The van der Waals surface area contributed by atoms with Gasteiger partial charge in [-0.2, -0.15) is 0 Å². The third-order valence-electron chi connectivity index (χ3n) is 8.05. The van der Waals surface area contributed by atoms with E-state index in [0.29, 0.717) is 11.6 Å². The second-order valence-electron chi connectivity index (χ2n) is 10.6. The number of nitrogen functional groups attached to an aromatic ring is 1. The van der Waals surface area contributed by atoms with Crippen molar-refractivity contribution in [2.24, 2.45) is 0 Å². The molecule has 3 aliphatic heterocycles. The van der Waals surface area contributed by atoms with Crippen LogP contribution in [-0.2, 0) is 9.47 Å². The Morgan fingerprint density at radius 3 is 2.55 bits per heavy atom. The number of nitrogens with two attached hydrogens (primary N) is 1. The van der Waals surface area contributed by atoms with Gasteiger partial charge in [0.1, 0.15) is 5.75 Å². The lowest BCUT2D eigenvalue weighted by Gasteiger charge is -2.48. The van der Waals surface area contributed by atoms with Gasteiger partial charge in [0.2, 0.25) is 0 Å². The molecular formula is C28H43N7O3. The minimum Gasteiger partial charge on any atom is -0.467 e. The van der Waals surface area contributed by atoms with Gasteiger partial charge in [0.25, 0.3) is 0 Å². The summed E-state index contributed by atoms with van der Waals surface area (Å²) in [6, 6.07) is 9.82. The van der Waals surface area contributed by atoms with E-state index >= 15 is 0 Å². The molecule has 1 spiro atoms. The van der Waals surface area contributed by atoms with Gasteiger partial charge in [-0.15, -0.1) is 10.2 Å². The first-order chi connectivity index (χ1) is 18.7. The van der Waals surface area contributed by atoms with E-state index < -0.39 is 0 Å². The first-order valence-electron chi connectivity index (χ1n) is 14.0. The molecule has 5 rings (SSSR count). The zero-order chi connectivity index (χ0) is 26.2. The van der Waals surface area contributed by atoms with Crippen LogP contribution in [0.15, 0.2) is 30.3 Å². The van der Waals surface area contributed by atoms with Crippen molar-refractivity contribution in [1.29, 1.82) is 0 Å². The maximum atomic E-state index is 6.43. The SMILES string of the molecule is COCOc1ccccc1-c1cc(N2CCC3(CC2)CN(CCCCN2CCNCC2)CCO3)c(N)nn1. The summed E-state index contributed by atoms with van der Waals surface area (Å²) in [5.41, 5.74) is 8.79. The fourth-order valence-corrected chi connectivity index (χ4v) is 5.88. The van der Waals surface area contributed by atoms with E-state index in [-0.39, 0.29) is 12.4 Å². The molecule has 0 unspecified atom stereocenters. The summed E-state index contributed by atoms with van der Waals surface area (Å²) in [4.78, 5) is 7.53. The summed E-state index contributed by atoms with van der Waals surface area (Å²) in [5, 5.41) is 12.1. The summed E-state index contributed by atoms with van der Waals surface area (Å²) in [5.74, 6) is 1.16. The molecule has 0 saturated carbocycles. The molecule has 3 N–H and O–H groups in total. The highest BCUT2D eigenvalue weighted by Gasteiger charge is 2.40. The number of rotatable bonds is 10. The van der Waals surface area contributed by atoms with Crippen LogP contribution in [0.5, 0.6) is 5.75 Å². The van der Waals surface area contributed by atoms with Crippen molar-refractivity contribution in [3.05, 3.63) is 30.3 Å². The fraction of sp³-hybridized carbons (Fsp3) is 0.643. The smallest absolute Gasteiger partial charge is 0.188 e. The van der Waals surface area contributed by atoms with Gasteiger partial charge < -0.3 is 35.1 Å². The van der Waals surface area contributed by atoms with E-state index in [1.165, 1.54) is 32.5 Å². The number of piperazine rings is 1. The maximum absolute atomic E-state index is 6.43. The molecule has 0 aliphatic carbocycles. The standard InChI is InChI=1S/C28H43N7O3/c1-36-22-37-26-7-3-2-6-23(26)24-20-25(27(29)32-31-24)35-14-8-28(9-15-35)21-34(18-19-38-28)13-5-4-12-33-16-10-30-11-17-33/h2-3,6-7,20,30H,4-5,8-19,21-22H2,1H3,(H2,29,32). The van der Waals surface area contributed by atoms with Crippen LogP contribution in [0.3, 0.4) is 0 Å². The number of aromatic nitrogens is 2. The van der Waals surface area contributed by atoms with Crippen molar-refractivity contribution in [1.82, 2.24) is 25.3 Å². The normalized spacial score (nSPS) is 20.6. The van der Waals surface area contributed by atoms with Crippen LogP contribution in [0.2, 0.25) is 0 Å². The van der Waals surface area contributed by atoms with Crippen LogP contribution in [0, 0.1) is 0 Å². The van der Waals surface area contributed by atoms with Crippen LogP contribution >= 0.6 is 0 Å². The van der Waals surface area contributed by atoms with Gasteiger partial charge in [-0.1, -0.05) is 12.1 Å². The number of nitrogens with zero attached hydrogens (tertiary/aromatic N) is 5. The van der Waals surface area contributed by atoms with Crippen LogP contribution in [0.1, 0.15) is 25.7 Å². The van der Waals surface area contributed by atoms with Crippen molar-refractivity contribution in [2.45, 2.75) is 31.3 Å². The van der Waals surface area contributed by atoms with Crippen molar-refractivity contribution in [2.75, 3.05) is 96.6 Å². The molecule has 10 heteroatoms. The summed E-state index contributed by atoms with van der Waals surface area (Å²) in [6.45, 7) is 11.8. The van der Waals surface area contributed by atoms with Crippen molar-refractivity contribution < 1.29 is 14.2 Å². The molecule has 0 atom stereocenters. The average Bonchev–Trinajstić information content (AvgIpc) is 2.96. The second kappa shape index (κ2) is 13.0. The molecule has 38 heavy (non-hydrogen) atoms. The number of unbranched alkanes of at least 4 members (excludes halogenated alkanes) is 1. The predicted molar refractivity (Wildman–Crippen MR) is 149 cm³/mol. The lowest BCUT2D eigenvalue weighted by molar-refractivity contribution is -0.121. The number of benzene rings is 1. The van der Waals surface area contributed by atoms with Crippen LogP contribution in [0.25, 0.3) is 11.3 Å². The highest BCUT2D eigenvalue weighted by atomic mass is 16.7. The first-order valence-corrected chi connectivity index (χ1v) is 14.0. The summed E-state index contributed by atoms with van der Waals surface area (Å²) in [6.07, 6.45) is 4.49. The molecule has 0 radical (unpaired) electrons. The van der Waals surface area contributed by atoms with Gasteiger partial charge in [-0.25, -0.2) is 0 Å². The molecule has 1 aromatic carbocycles. The van der Waals surface area contributed by atoms with Crippen LogP contribution in [-0.4, -0.2) is 112 Å². The number of para-hydroxylation sites is 1. The number of hydrogen-bond donors (Lipinski definition) is 2. The van der Waals surface area contributed by atoms with Gasteiger partial charge in [0.05, 0.1) is 23.6 Å². The molecule has 10 nitrogen and oxygen atoms in total. The molecule has 3 aliphatic rings. The predicted octanol–water partition coefficient (Wildman–Crippen LogP) is 2.07. The minimum atomic E-state index is -0.0636. The van der Waals surface area contributed by atoms with E-state index in [9.17, 15) is 0 Å². The molecule has 208 valence electrons. The van der Waals surface area contributed by atoms with Crippen LogP contribution < -0.4 is 20.7 Å². The Bertz CT molecular complexity index is 1030. The number of nitrogens with one attached hydrogen (secondary N) is 1. The Kier molecular flexibility index (Phi) is 9.29. The number of ether oxygens (including phenoxy) is 3. The highest BCUT2D eigenvalue weighted by Crippen LogP contribution is 2.36. The molecule has 3 fully saturated rings. The monoisotopic (exact) mass is 525 g/mol. The fourth-order valence-electron chi connectivity index (χ4n) is 5.88.